The van der Waals surface area contributed by atoms with Gasteiger partial charge in [0.05, 0.1) is 11.2 Å². The minimum absolute atomic E-state index is 0.00180. The van der Waals surface area contributed by atoms with Gasteiger partial charge in [-0.1, -0.05) is 18.2 Å². The van der Waals surface area contributed by atoms with Gasteiger partial charge in [0, 0.05) is 5.56 Å². The lowest BCUT2D eigenvalue weighted by Crippen LogP contribution is -2.32. The number of nitro groups is 1. The lowest BCUT2D eigenvalue weighted by Gasteiger charge is -2.11. The molecule has 0 aliphatic rings. The summed E-state index contributed by atoms with van der Waals surface area (Å²) in [4.78, 5) is 42.4. The summed E-state index contributed by atoms with van der Waals surface area (Å²) in [5.41, 5.74) is 9.87. The van der Waals surface area contributed by atoms with Crippen molar-refractivity contribution in [1.29, 1.82) is 0 Å². The first kappa shape index (κ1) is 19.3. The van der Waals surface area contributed by atoms with E-state index in [1.807, 2.05) is 0 Å². The minimum atomic E-state index is -0.760. The fourth-order valence-corrected chi connectivity index (χ4v) is 2.33. The Bertz CT molecular complexity index is 1050. The van der Waals surface area contributed by atoms with Crippen LogP contribution in [-0.4, -0.2) is 26.7 Å². The molecule has 0 unspecified atom stereocenters. The average Bonchev–Trinajstić information content (AvgIpc) is 3.25. The number of aryl methyl sites for hydroxylation is 1. The molecule has 2 heterocycles. The van der Waals surface area contributed by atoms with E-state index in [1.165, 1.54) is 18.4 Å². The fraction of sp³-hybridized carbons (Fsp3) is 0.0588. The lowest BCUT2D eigenvalue weighted by molar-refractivity contribution is -0.383. The number of nitrogens with one attached hydrogen (secondary N) is 4. The monoisotopic (exact) mass is 397 g/mol. The predicted octanol–water partition coefficient (Wildman–Crippen LogP) is 1.80. The molecular formula is C17H15N7O5. The number of carbonyl (C=O) groups is 2. The van der Waals surface area contributed by atoms with Crippen LogP contribution in [0, 0.1) is 17.0 Å². The number of hydrogen-bond acceptors (Lipinski definition) is 9. The number of benzene rings is 1. The predicted molar refractivity (Wildman–Crippen MR) is 101 cm³/mol. The van der Waals surface area contributed by atoms with Crippen molar-refractivity contribution in [3.05, 3.63) is 76.0 Å². The van der Waals surface area contributed by atoms with Crippen LogP contribution in [0.5, 0.6) is 0 Å². The van der Waals surface area contributed by atoms with Crippen molar-refractivity contribution in [3.8, 4) is 0 Å². The molecule has 1 aromatic carbocycles. The summed E-state index contributed by atoms with van der Waals surface area (Å²) in [6.07, 6.45) is 2.33. The molecule has 3 aromatic rings. The number of hydrogen-bond donors (Lipinski definition) is 4. The molecule has 2 amide bonds. The van der Waals surface area contributed by atoms with Gasteiger partial charge in [-0.05, 0) is 30.7 Å². The van der Waals surface area contributed by atoms with E-state index < -0.39 is 22.4 Å². The van der Waals surface area contributed by atoms with Crippen LogP contribution < -0.4 is 21.7 Å². The fourth-order valence-electron chi connectivity index (χ4n) is 2.33. The third kappa shape index (κ3) is 4.44. The van der Waals surface area contributed by atoms with E-state index in [0.29, 0.717) is 5.56 Å². The van der Waals surface area contributed by atoms with E-state index in [1.54, 1.807) is 31.2 Å². The molecule has 0 fully saturated rings. The number of nitrogens with zero attached hydrogens (tertiary/aromatic N) is 3. The Morgan fingerprint density at radius 1 is 1.00 bits per heavy atom. The molecule has 148 valence electrons. The summed E-state index contributed by atoms with van der Waals surface area (Å²) >= 11 is 0. The van der Waals surface area contributed by atoms with Crippen molar-refractivity contribution in [3.63, 3.8) is 0 Å². The molecule has 12 nitrogen and oxygen atoms in total. The summed E-state index contributed by atoms with van der Waals surface area (Å²) in [6.45, 7) is 1.76. The van der Waals surface area contributed by atoms with Crippen molar-refractivity contribution in [2.75, 3.05) is 10.9 Å². The van der Waals surface area contributed by atoms with Crippen molar-refractivity contribution in [1.82, 2.24) is 20.8 Å². The highest BCUT2D eigenvalue weighted by Crippen LogP contribution is 2.27. The average molecular weight is 397 g/mol. The number of rotatable bonds is 7. The van der Waals surface area contributed by atoms with Crippen molar-refractivity contribution in [2.45, 2.75) is 6.92 Å². The van der Waals surface area contributed by atoms with Crippen LogP contribution in [0.2, 0.25) is 0 Å². The number of furan rings is 1. The Kier molecular flexibility index (Phi) is 5.64. The van der Waals surface area contributed by atoms with E-state index in [-0.39, 0.29) is 17.4 Å². The van der Waals surface area contributed by atoms with Gasteiger partial charge in [0.1, 0.15) is 6.33 Å². The van der Waals surface area contributed by atoms with Crippen molar-refractivity contribution >= 4 is 29.1 Å². The second-order valence-electron chi connectivity index (χ2n) is 5.63. The Labute approximate surface area is 163 Å². The highest BCUT2D eigenvalue weighted by molar-refractivity contribution is 5.96. The molecule has 0 aliphatic heterocycles. The Morgan fingerprint density at radius 2 is 1.66 bits per heavy atom. The Balaban J connectivity index is 1.74. The second-order valence-corrected chi connectivity index (χ2v) is 5.63. The van der Waals surface area contributed by atoms with Gasteiger partial charge in [0.25, 0.3) is 5.91 Å². The third-order valence-corrected chi connectivity index (χ3v) is 3.73. The van der Waals surface area contributed by atoms with Crippen LogP contribution in [-0.2, 0) is 0 Å². The summed E-state index contributed by atoms with van der Waals surface area (Å²) in [6, 6.07) is 9.77. The smallest absolute Gasteiger partial charge is 0.356 e. The molecule has 2 aromatic heterocycles. The van der Waals surface area contributed by atoms with Gasteiger partial charge in [0.2, 0.25) is 11.6 Å². The van der Waals surface area contributed by atoms with Gasteiger partial charge in [-0.15, -0.1) is 0 Å². The van der Waals surface area contributed by atoms with Crippen LogP contribution in [0.4, 0.5) is 17.3 Å². The number of hydrazine groups is 2. The molecule has 0 bridgehead atoms. The number of anilines is 2. The summed E-state index contributed by atoms with van der Waals surface area (Å²) in [7, 11) is 0. The van der Waals surface area contributed by atoms with Crippen molar-refractivity contribution in [2.24, 2.45) is 0 Å². The van der Waals surface area contributed by atoms with Gasteiger partial charge < -0.3 is 4.42 Å². The first-order chi connectivity index (χ1) is 14.0. The van der Waals surface area contributed by atoms with Crippen LogP contribution in [0.15, 0.2) is 53.4 Å². The summed E-state index contributed by atoms with van der Waals surface area (Å²) in [5.74, 6) is -1.74. The van der Waals surface area contributed by atoms with E-state index in [9.17, 15) is 19.7 Å². The molecule has 0 saturated heterocycles. The highest BCUT2D eigenvalue weighted by atomic mass is 16.6. The molecule has 0 saturated carbocycles. The van der Waals surface area contributed by atoms with Crippen LogP contribution in [0.3, 0.4) is 0 Å². The molecule has 29 heavy (non-hydrogen) atoms. The quantitative estimate of drug-likeness (QED) is 0.343. The molecule has 4 N–H and O–H groups in total. The van der Waals surface area contributed by atoms with Crippen molar-refractivity contribution < 1.29 is 18.9 Å². The van der Waals surface area contributed by atoms with Gasteiger partial charge in [-0.25, -0.2) is 9.97 Å². The number of aromatic nitrogens is 2. The van der Waals surface area contributed by atoms with Gasteiger partial charge >= 0.3 is 11.6 Å². The normalized spacial score (nSPS) is 10.1. The van der Waals surface area contributed by atoms with E-state index >= 15 is 0 Å². The maximum atomic E-state index is 12.3. The summed E-state index contributed by atoms with van der Waals surface area (Å²) in [5, 5.41) is 11.5. The van der Waals surface area contributed by atoms with Crippen LogP contribution >= 0.6 is 0 Å². The zero-order chi connectivity index (χ0) is 20.8. The topological polar surface area (TPSA) is 164 Å². The third-order valence-electron chi connectivity index (χ3n) is 3.73. The minimum Gasteiger partial charge on any atom is -0.459 e. The Hall–Kier alpha value is -4.48. The van der Waals surface area contributed by atoms with Gasteiger partial charge in [0.15, 0.2) is 5.76 Å². The number of amides is 2. The maximum Gasteiger partial charge on any atom is 0.356 e. The van der Waals surface area contributed by atoms with E-state index in [4.69, 9.17) is 4.42 Å². The molecule has 0 atom stereocenters. The van der Waals surface area contributed by atoms with E-state index in [0.717, 1.165) is 11.9 Å². The Morgan fingerprint density at radius 3 is 2.24 bits per heavy atom. The second kappa shape index (κ2) is 8.47. The molecule has 0 spiro atoms. The molecule has 0 aliphatic carbocycles. The van der Waals surface area contributed by atoms with Crippen LogP contribution in [0.25, 0.3) is 0 Å². The van der Waals surface area contributed by atoms with Crippen LogP contribution in [0.1, 0.15) is 26.5 Å². The first-order valence-electron chi connectivity index (χ1n) is 8.18. The van der Waals surface area contributed by atoms with Gasteiger partial charge in [-0.2, -0.15) is 0 Å². The maximum absolute atomic E-state index is 12.3. The zero-order valence-corrected chi connectivity index (χ0v) is 15.0. The largest absolute Gasteiger partial charge is 0.459 e. The summed E-state index contributed by atoms with van der Waals surface area (Å²) < 4.78 is 4.92. The van der Waals surface area contributed by atoms with Gasteiger partial charge in [-0.3, -0.25) is 41.4 Å². The molecule has 3 rings (SSSR count). The standard InChI is InChI=1S/C17H15N7O5/c1-10-5-2-3-6-11(10)16(25)22-20-14-13(24(27)28)15(19-9-18-14)21-23-17(26)12-7-4-8-29-12/h2-9H,1H3,(H,22,25)(H,23,26)(H2,18,19,20,21). The lowest BCUT2D eigenvalue weighted by atomic mass is 10.1. The molecule has 0 radical (unpaired) electrons. The number of carbonyl (C=O) groups excluding carboxylic acids is 2. The SMILES string of the molecule is Cc1ccccc1C(=O)NNc1ncnc(NNC(=O)c2ccco2)c1[N+](=O)[O-]. The molecule has 12 heteroatoms. The van der Waals surface area contributed by atoms with E-state index in [2.05, 4.69) is 31.7 Å². The molecular weight excluding hydrogens is 382 g/mol. The zero-order valence-electron chi connectivity index (χ0n) is 15.0. The highest BCUT2D eigenvalue weighted by Gasteiger charge is 2.24. The first-order valence-corrected chi connectivity index (χ1v) is 8.18.